The van der Waals surface area contributed by atoms with Gasteiger partial charge in [-0.3, -0.25) is 4.79 Å². The van der Waals surface area contributed by atoms with E-state index in [0.717, 1.165) is 0 Å². The second-order valence-electron chi connectivity index (χ2n) is 4.46. The van der Waals surface area contributed by atoms with E-state index in [1.54, 1.807) is 0 Å². The van der Waals surface area contributed by atoms with Gasteiger partial charge in [-0.15, -0.1) is 11.8 Å². The van der Waals surface area contributed by atoms with E-state index in [4.69, 9.17) is 0 Å². The Morgan fingerprint density at radius 3 is 2.43 bits per heavy atom. The van der Waals surface area contributed by atoms with E-state index in [0.29, 0.717) is 17.3 Å². The first kappa shape index (κ1) is 17.8. The van der Waals surface area contributed by atoms with Crippen LogP contribution >= 0.6 is 11.8 Å². The maximum Gasteiger partial charge on any atom is 0.397 e. The number of halogens is 4. The molecule has 1 aromatic carbocycles. The van der Waals surface area contributed by atoms with Gasteiger partial charge in [-0.05, 0) is 24.6 Å². The Morgan fingerprint density at radius 1 is 1.33 bits per heavy atom. The Kier molecular flexibility index (Phi) is 6.47. The minimum absolute atomic E-state index is 0.347. The Balaban J connectivity index is 2.43. The topological polar surface area (TPSA) is 49.3 Å². The lowest BCUT2D eigenvalue weighted by atomic mass is 10.0. The average molecular weight is 325 g/mol. The number of alkyl halides is 3. The van der Waals surface area contributed by atoms with Crippen molar-refractivity contribution in [3.63, 3.8) is 0 Å². The number of benzene rings is 1. The molecule has 2 unspecified atom stereocenters. The molecule has 0 aliphatic heterocycles. The van der Waals surface area contributed by atoms with Crippen LogP contribution in [0.2, 0.25) is 0 Å². The van der Waals surface area contributed by atoms with Gasteiger partial charge in [0.05, 0.1) is 23.7 Å². The summed E-state index contributed by atoms with van der Waals surface area (Å²) in [5.74, 6) is -2.50. The molecular weight excluding hydrogens is 310 g/mol. The highest BCUT2D eigenvalue weighted by atomic mass is 32.2. The van der Waals surface area contributed by atoms with Crippen molar-refractivity contribution in [3.8, 4) is 0 Å². The zero-order valence-electron chi connectivity index (χ0n) is 11.2. The van der Waals surface area contributed by atoms with Crippen LogP contribution in [0.15, 0.2) is 24.3 Å². The lowest BCUT2D eigenvalue weighted by molar-refractivity contribution is -0.120. The number of hydrogen-bond donors (Lipinski definition) is 2. The highest BCUT2D eigenvalue weighted by Crippen LogP contribution is 2.21. The lowest BCUT2D eigenvalue weighted by Gasteiger charge is -2.20. The van der Waals surface area contributed by atoms with Crippen molar-refractivity contribution in [2.24, 2.45) is 0 Å². The number of nitrogens with one attached hydrogen (secondary N) is 1. The summed E-state index contributed by atoms with van der Waals surface area (Å²) in [4.78, 5) is 11.5. The highest BCUT2D eigenvalue weighted by molar-refractivity contribution is 8.00. The van der Waals surface area contributed by atoms with Crippen LogP contribution in [-0.4, -0.2) is 34.7 Å². The highest BCUT2D eigenvalue weighted by Gasteiger charge is 2.27. The molecule has 0 aliphatic carbocycles. The van der Waals surface area contributed by atoms with Crippen LogP contribution in [0.5, 0.6) is 0 Å². The zero-order chi connectivity index (χ0) is 16.0. The van der Waals surface area contributed by atoms with E-state index in [1.807, 2.05) is 0 Å². The van der Waals surface area contributed by atoms with Crippen molar-refractivity contribution in [3.05, 3.63) is 35.6 Å². The number of amides is 1. The van der Waals surface area contributed by atoms with E-state index in [-0.39, 0.29) is 5.75 Å². The molecule has 1 rings (SSSR count). The van der Waals surface area contributed by atoms with Crippen molar-refractivity contribution >= 4 is 17.7 Å². The van der Waals surface area contributed by atoms with Crippen molar-refractivity contribution in [1.82, 2.24) is 5.32 Å². The van der Waals surface area contributed by atoms with Crippen molar-refractivity contribution in [2.75, 3.05) is 11.5 Å². The van der Waals surface area contributed by atoms with Crippen molar-refractivity contribution in [2.45, 2.75) is 25.2 Å². The van der Waals surface area contributed by atoms with Gasteiger partial charge in [0.15, 0.2) is 0 Å². The predicted molar refractivity (Wildman–Crippen MR) is 72.3 cm³/mol. The van der Waals surface area contributed by atoms with Crippen LogP contribution in [0, 0.1) is 5.82 Å². The number of carbonyl (C=O) groups is 1. The Labute approximate surface area is 123 Å². The summed E-state index contributed by atoms with van der Waals surface area (Å²) in [5.41, 5.74) is 0.409. The van der Waals surface area contributed by atoms with Gasteiger partial charge in [-0.25, -0.2) is 4.39 Å². The van der Waals surface area contributed by atoms with Gasteiger partial charge in [0.2, 0.25) is 5.91 Å². The summed E-state index contributed by atoms with van der Waals surface area (Å²) in [6.45, 7) is 1.51. The van der Waals surface area contributed by atoms with E-state index in [9.17, 15) is 27.5 Å². The minimum atomic E-state index is -4.32. The first-order valence-electron chi connectivity index (χ1n) is 6.06. The van der Waals surface area contributed by atoms with Gasteiger partial charge < -0.3 is 10.4 Å². The number of aliphatic hydroxyl groups excluding tert-OH is 1. The van der Waals surface area contributed by atoms with Gasteiger partial charge in [0.1, 0.15) is 5.82 Å². The molecule has 0 saturated heterocycles. The molecule has 0 spiro atoms. The Bertz CT molecular complexity index is 464. The first-order chi connectivity index (χ1) is 9.69. The van der Waals surface area contributed by atoms with Gasteiger partial charge >= 0.3 is 6.18 Å². The molecule has 2 atom stereocenters. The van der Waals surface area contributed by atoms with E-state index < -0.39 is 35.8 Å². The van der Waals surface area contributed by atoms with E-state index in [2.05, 4.69) is 5.32 Å². The molecule has 0 aromatic heterocycles. The van der Waals surface area contributed by atoms with Crippen LogP contribution in [0.1, 0.15) is 18.6 Å². The van der Waals surface area contributed by atoms with Crippen LogP contribution in [0.25, 0.3) is 0 Å². The molecule has 0 aliphatic rings. The maximum atomic E-state index is 12.8. The molecule has 3 nitrogen and oxygen atoms in total. The van der Waals surface area contributed by atoms with Crippen LogP contribution in [0.3, 0.4) is 0 Å². The standard InChI is InChI=1S/C13H15F4NO2S/c1-8(12(20)9-2-4-10(14)5-3-9)18-11(19)6-21-7-13(15,16)17/h2-5,8,12,20H,6-7H2,1H3,(H,18,19). The van der Waals surface area contributed by atoms with Gasteiger partial charge in [0, 0.05) is 0 Å². The second-order valence-corrected chi connectivity index (χ2v) is 5.45. The fraction of sp³-hybridized carbons (Fsp3) is 0.462. The third-order valence-electron chi connectivity index (χ3n) is 2.57. The van der Waals surface area contributed by atoms with Gasteiger partial charge in [0.25, 0.3) is 0 Å². The van der Waals surface area contributed by atoms with E-state index >= 15 is 0 Å². The molecular formula is C13H15F4NO2S. The Morgan fingerprint density at radius 2 is 1.90 bits per heavy atom. The fourth-order valence-electron chi connectivity index (χ4n) is 1.58. The first-order valence-corrected chi connectivity index (χ1v) is 7.22. The number of hydrogen-bond acceptors (Lipinski definition) is 3. The number of thioether (sulfide) groups is 1. The molecule has 0 bridgehead atoms. The quantitative estimate of drug-likeness (QED) is 0.791. The largest absolute Gasteiger partial charge is 0.397 e. The molecule has 0 heterocycles. The average Bonchev–Trinajstić information content (AvgIpc) is 2.37. The lowest BCUT2D eigenvalue weighted by Crippen LogP contribution is -2.38. The summed E-state index contributed by atoms with van der Waals surface area (Å²) >= 11 is 0.452. The number of rotatable bonds is 6. The number of aliphatic hydroxyl groups is 1. The molecule has 1 aromatic rings. The second kappa shape index (κ2) is 7.65. The molecule has 0 fully saturated rings. The van der Waals surface area contributed by atoms with Gasteiger partial charge in [-0.1, -0.05) is 12.1 Å². The summed E-state index contributed by atoms with van der Waals surface area (Å²) in [7, 11) is 0. The van der Waals surface area contributed by atoms with Crippen LogP contribution in [0.4, 0.5) is 17.6 Å². The predicted octanol–water partition coefficient (Wildman–Crippen LogP) is 2.66. The molecule has 0 saturated carbocycles. The molecule has 0 radical (unpaired) electrons. The molecule has 8 heteroatoms. The summed E-state index contributed by atoms with van der Waals surface area (Å²) < 4.78 is 48.5. The summed E-state index contributed by atoms with van der Waals surface area (Å²) in [6, 6.07) is 4.40. The van der Waals surface area contributed by atoms with Crippen molar-refractivity contribution < 1.29 is 27.5 Å². The number of carbonyl (C=O) groups excluding carboxylic acids is 1. The van der Waals surface area contributed by atoms with Crippen LogP contribution in [-0.2, 0) is 4.79 Å². The SMILES string of the molecule is CC(NC(=O)CSCC(F)(F)F)C(O)c1ccc(F)cc1. The normalized spacial score (nSPS) is 14.6. The van der Waals surface area contributed by atoms with Crippen molar-refractivity contribution in [1.29, 1.82) is 0 Å². The fourth-order valence-corrected chi connectivity index (χ4v) is 2.18. The third kappa shape index (κ3) is 6.81. The van der Waals surface area contributed by atoms with Crippen LogP contribution < -0.4 is 5.32 Å². The summed E-state index contributed by atoms with van der Waals surface area (Å²) in [5, 5.41) is 12.4. The summed E-state index contributed by atoms with van der Waals surface area (Å²) in [6.07, 6.45) is -5.38. The molecule has 2 N–H and O–H groups in total. The minimum Gasteiger partial charge on any atom is -0.386 e. The molecule has 21 heavy (non-hydrogen) atoms. The molecule has 1 amide bonds. The maximum absolute atomic E-state index is 12.8. The monoisotopic (exact) mass is 325 g/mol. The molecule has 118 valence electrons. The Hall–Kier alpha value is -1.28. The van der Waals surface area contributed by atoms with E-state index in [1.165, 1.54) is 31.2 Å². The van der Waals surface area contributed by atoms with Gasteiger partial charge in [-0.2, -0.15) is 13.2 Å². The zero-order valence-corrected chi connectivity index (χ0v) is 12.0. The third-order valence-corrected chi connectivity index (χ3v) is 3.57. The smallest absolute Gasteiger partial charge is 0.386 e.